The lowest BCUT2D eigenvalue weighted by atomic mass is 9.85. The quantitative estimate of drug-likeness (QED) is 0.0384. The molecule has 442 valence electrons. The molecule has 6 rings (SSSR count). The molecular weight excluding hydrogens is 1090 g/mol. The average Bonchev–Trinajstić information content (AvgIpc) is 4.28. The summed E-state index contributed by atoms with van der Waals surface area (Å²) >= 11 is 7.15. The molecule has 3 amide bonds. The third-order valence-corrected chi connectivity index (χ3v) is 14.7. The Kier molecular flexibility index (Phi) is 25.6. The van der Waals surface area contributed by atoms with Crippen LogP contribution in [0.25, 0.3) is 10.4 Å². The van der Waals surface area contributed by atoms with Gasteiger partial charge in [0.2, 0.25) is 11.8 Å². The van der Waals surface area contributed by atoms with Crippen molar-refractivity contribution in [3.8, 4) is 22.3 Å². The van der Waals surface area contributed by atoms with Gasteiger partial charge >= 0.3 is 6.18 Å². The number of aryl methyl sites for hydroxylation is 2. The number of hydrogen-bond donors (Lipinski definition) is 2. The number of ketones is 1. The summed E-state index contributed by atoms with van der Waals surface area (Å²) in [5, 5.41) is 22.3. The number of carbonyl (C=O) groups excluding carboxylic acids is 4. The molecule has 4 aromatic rings. The molecule has 0 saturated carbocycles. The summed E-state index contributed by atoms with van der Waals surface area (Å²) < 4.78 is 73.3. The van der Waals surface area contributed by atoms with Gasteiger partial charge < -0.3 is 48.6 Å². The third kappa shape index (κ3) is 19.1. The first kappa shape index (κ1) is 65.9. The Morgan fingerprint density at radius 1 is 0.877 bits per heavy atom. The fraction of sp³-hybridized carbons (Fsp3) is 0.542. The summed E-state index contributed by atoms with van der Waals surface area (Å²) in [6, 6.07) is 18.0. The lowest BCUT2D eigenvalue weighted by molar-refractivity contribution is -0.144. The van der Waals surface area contributed by atoms with Crippen molar-refractivity contribution in [3.05, 3.63) is 94.6 Å². The molecule has 22 heteroatoms. The number of Topliss-reactive ketones (excluding diaryl/α,β-unsaturated/α-hetero) is 1. The van der Waals surface area contributed by atoms with Gasteiger partial charge in [-0.3, -0.25) is 24.1 Å². The van der Waals surface area contributed by atoms with Crippen LogP contribution in [0.1, 0.15) is 103 Å². The molecule has 3 atom stereocenters. The van der Waals surface area contributed by atoms with Crippen molar-refractivity contribution in [2.75, 3.05) is 89.0 Å². The van der Waals surface area contributed by atoms with Crippen molar-refractivity contribution in [3.63, 3.8) is 0 Å². The van der Waals surface area contributed by atoms with Crippen molar-refractivity contribution in [2.45, 2.75) is 124 Å². The number of likely N-dealkylation sites (tertiary alicyclic amines) is 1. The number of halogens is 3. The number of nitriles is 1. The first-order chi connectivity index (χ1) is 38.5. The standard InChI is InChI=1S/C31H45N3O7S.C28H32F3N3O4S/c1-6-39-13-14-40-15-16-41-19-27(37)33-29(31(3,4)5)30(38)34-18-24(35)17-25(34)26(36)12-9-22-7-10-23(11-8-22)28-21(2)32-20-42-28;1-4-5-6-13-36-14-15-37-16-17-38-23-11-9-21(10-12-23)34-26(39)33(25(35)27(34,2)3)22-8-7-20(19-32)24(18-22)28(29,30)31/h7-8,10-11,20,24-25,29,35H,6,9,12-19H2,1-5H3,(H,33,37);7-12,18H,4-6,13-17H2,1-3H3/t24-,25+,29-;/m1./s1. The van der Waals surface area contributed by atoms with Gasteiger partial charge in [-0.2, -0.15) is 18.4 Å². The molecule has 1 aromatic heterocycles. The van der Waals surface area contributed by atoms with Crippen LogP contribution in [0.2, 0.25) is 0 Å². The zero-order chi connectivity index (χ0) is 59.3. The number of thiocarbonyl (C=S) groups is 1. The minimum absolute atomic E-state index is 0.0295. The van der Waals surface area contributed by atoms with Crippen LogP contribution in [0.4, 0.5) is 24.5 Å². The summed E-state index contributed by atoms with van der Waals surface area (Å²) in [5.41, 5.74) is 1.99. The number of ether oxygens (including phenoxy) is 6. The Hall–Kier alpha value is -5.90. The second kappa shape index (κ2) is 31.5. The van der Waals surface area contributed by atoms with Crippen LogP contribution in [0.3, 0.4) is 0 Å². The molecule has 3 aromatic carbocycles. The monoisotopic (exact) mass is 1170 g/mol. The van der Waals surface area contributed by atoms with Crippen molar-refractivity contribution in [1.29, 1.82) is 5.26 Å². The van der Waals surface area contributed by atoms with Crippen LogP contribution >= 0.6 is 23.6 Å². The highest BCUT2D eigenvalue weighted by molar-refractivity contribution is 7.81. The first-order valence-electron chi connectivity index (χ1n) is 27.2. The van der Waals surface area contributed by atoms with Crippen LogP contribution in [-0.2, 0) is 55.5 Å². The second-order valence-corrected chi connectivity index (χ2v) is 22.2. The van der Waals surface area contributed by atoms with E-state index in [-0.39, 0.29) is 55.1 Å². The van der Waals surface area contributed by atoms with E-state index in [0.717, 1.165) is 64.6 Å². The molecule has 2 aliphatic heterocycles. The van der Waals surface area contributed by atoms with E-state index in [1.54, 1.807) is 60.4 Å². The molecule has 2 aliphatic rings. The molecule has 3 heterocycles. The topological polar surface area (TPSA) is 202 Å². The summed E-state index contributed by atoms with van der Waals surface area (Å²) in [6.07, 6.45) is -1.24. The molecule has 2 fully saturated rings. The smallest absolute Gasteiger partial charge is 0.417 e. The van der Waals surface area contributed by atoms with Crippen LogP contribution in [0.15, 0.2) is 72.2 Å². The highest BCUT2D eigenvalue weighted by Gasteiger charge is 2.51. The van der Waals surface area contributed by atoms with Crippen LogP contribution in [-0.4, -0.2) is 147 Å². The molecule has 0 bridgehead atoms. The molecule has 2 N–H and O–H groups in total. The summed E-state index contributed by atoms with van der Waals surface area (Å²) in [6.45, 7) is 19.4. The number of β-amino-alcohol motifs (C(OH)–C–C–N with tert-alkyl or cyclic N) is 1. The van der Waals surface area contributed by atoms with Crippen molar-refractivity contribution >= 4 is 63.5 Å². The van der Waals surface area contributed by atoms with Crippen LogP contribution < -0.4 is 19.9 Å². The van der Waals surface area contributed by atoms with Gasteiger partial charge in [-0.05, 0) is 112 Å². The zero-order valence-electron chi connectivity index (χ0n) is 47.6. The maximum atomic E-state index is 13.7. The van der Waals surface area contributed by atoms with E-state index in [9.17, 15) is 37.5 Å². The molecule has 0 radical (unpaired) electrons. The normalized spacial score (nSPS) is 16.5. The number of carbonyl (C=O) groups is 4. The first-order valence-corrected chi connectivity index (χ1v) is 28.5. The Labute approximate surface area is 483 Å². The number of amides is 3. The second-order valence-electron chi connectivity index (χ2n) is 21.0. The van der Waals surface area contributed by atoms with E-state index < -0.39 is 58.3 Å². The number of aromatic nitrogens is 1. The van der Waals surface area contributed by atoms with Gasteiger partial charge in [0.05, 0.1) is 97.4 Å². The van der Waals surface area contributed by atoms with E-state index in [1.165, 1.54) is 11.0 Å². The number of anilines is 2. The maximum Gasteiger partial charge on any atom is 0.417 e. The fourth-order valence-electron chi connectivity index (χ4n) is 9.01. The fourth-order valence-corrected chi connectivity index (χ4v) is 10.3. The highest BCUT2D eigenvalue weighted by atomic mass is 32.1. The highest BCUT2D eigenvalue weighted by Crippen LogP contribution is 2.40. The van der Waals surface area contributed by atoms with Gasteiger partial charge in [0.25, 0.3) is 5.91 Å². The minimum atomic E-state index is -4.76. The number of nitrogens with zero attached hydrogens (tertiary/aromatic N) is 5. The molecule has 81 heavy (non-hydrogen) atoms. The molecule has 0 spiro atoms. The predicted octanol–water partition coefficient (Wildman–Crippen LogP) is 9.28. The van der Waals surface area contributed by atoms with Gasteiger partial charge in [0, 0.05) is 38.3 Å². The lowest BCUT2D eigenvalue weighted by Crippen LogP contribution is -2.57. The minimum Gasteiger partial charge on any atom is -0.491 e. The van der Waals surface area contributed by atoms with Gasteiger partial charge in [0.15, 0.2) is 10.9 Å². The molecule has 0 unspecified atom stereocenters. The molecule has 17 nitrogen and oxygen atoms in total. The largest absolute Gasteiger partial charge is 0.491 e. The average molecular weight is 1170 g/mol. The van der Waals surface area contributed by atoms with Gasteiger partial charge in [-0.25, -0.2) is 4.98 Å². The van der Waals surface area contributed by atoms with Gasteiger partial charge in [-0.15, -0.1) is 11.3 Å². The molecule has 2 saturated heterocycles. The zero-order valence-corrected chi connectivity index (χ0v) is 49.2. The molecular formula is C59H77F3N6O11S2. The van der Waals surface area contributed by atoms with Crippen molar-refractivity contribution in [2.24, 2.45) is 5.41 Å². The lowest BCUT2D eigenvalue weighted by Gasteiger charge is -2.35. The number of alkyl halides is 3. The number of hydrogen-bond acceptors (Lipinski definition) is 15. The van der Waals surface area contributed by atoms with Crippen molar-refractivity contribution < 1.29 is 65.9 Å². The Balaban J connectivity index is 0.000000298. The summed E-state index contributed by atoms with van der Waals surface area (Å²) in [4.78, 5) is 62.5. The number of aliphatic hydroxyl groups is 1. The van der Waals surface area contributed by atoms with Gasteiger partial charge in [-0.1, -0.05) is 64.8 Å². The Morgan fingerprint density at radius 3 is 2.09 bits per heavy atom. The number of benzene rings is 3. The Morgan fingerprint density at radius 2 is 1.49 bits per heavy atom. The maximum absolute atomic E-state index is 13.7. The Bertz CT molecular complexity index is 2730. The molecule has 0 aliphatic carbocycles. The number of nitrogens with one attached hydrogen (secondary N) is 1. The predicted molar refractivity (Wildman–Crippen MR) is 307 cm³/mol. The summed E-state index contributed by atoms with van der Waals surface area (Å²) in [7, 11) is 0. The summed E-state index contributed by atoms with van der Waals surface area (Å²) in [5.74, 6) is -0.816. The van der Waals surface area contributed by atoms with E-state index in [2.05, 4.69) is 17.2 Å². The van der Waals surface area contributed by atoms with E-state index in [1.807, 2.05) is 64.4 Å². The van der Waals surface area contributed by atoms with Crippen LogP contribution in [0, 0.1) is 23.7 Å². The third-order valence-electron chi connectivity index (χ3n) is 13.4. The number of rotatable bonds is 29. The SMILES string of the molecule is CCCCCOCCOCCOc1ccc(N2C(=S)N(c3ccc(C#N)c(C(F)(F)F)c3)C(=O)C2(C)C)cc1.CCOCCOCCOCC(=O)N[C@H](C(=O)N1C[C@H](O)C[C@H]1C(=O)CCc1ccc(-c2scnc2C)cc1)C(C)(C)C. The van der Waals surface area contributed by atoms with E-state index >= 15 is 0 Å². The van der Waals surface area contributed by atoms with Crippen molar-refractivity contribution in [1.82, 2.24) is 15.2 Å². The van der Waals surface area contributed by atoms with E-state index in [4.69, 9.17) is 45.9 Å². The van der Waals surface area contributed by atoms with Crippen LogP contribution in [0.5, 0.6) is 5.75 Å². The number of thiazole rings is 1. The number of unbranched alkanes of at least 4 members (excludes halogenated alkanes) is 2. The van der Waals surface area contributed by atoms with Gasteiger partial charge in [0.1, 0.15) is 30.5 Å². The van der Waals surface area contributed by atoms with E-state index in [0.29, 0.717) is 70.7 Å². The number of aliphatic hydroxyl groups excluding tert-OH is 1.